The monoisotopic (exact) mass is 281 g/mol. The van der Waals surface area contributed by atoms with Crippen LogP contribution in [0.1, 0.15) is 38.5 Å². The highest BCUT2D eigenvalue weighted by atomic mass is 16.5. The van der Waals surface area contributed by atoms with Crippen LogP contribution in [0.3, 0.4) is 0 Å². The third kappa shape index (κ3) is 4.39. The van der Waals surface area contributed by atoms with Crippen LogP contribution in [0.15, 0.2) is 4.99 Å². The maximum atomic E-state index is 11.5. The van der Waals surface area contributed by atoms with Gasteiger partial charge in [0.15, 0.2) is 5.96 Å². The van der Waals surface area contributed by atoms with Crippen molar-refractivity contribution in [3.8, 4) is 0 Å². The number of carbonyl (C=O) groups is 1. The summed E-state index contributed by atoms with van der Waals surface area (Å²) in [6.07, 6.45) is 7.13. The van der Waals surface area contributed by atoms with Crippen molar-refractivity contribution in [1.82, 2.24) is 10.2 Å². The predicted octanol–water partition coefficient (Wildman–Crippen LogP) is 1.64. The molecule has 1 saturated carbocycles. The smallest absolute Gasteiger partial charge is 0.308 e. The van der Waals surface area contributed by atoms with Crippen LogP contribution in [0.2, 0.25) is 0 Å². The summed E-state index contributed by atoms with van der Waals surface area (Å²) in [4.78, 5) is 18.1. The number of ether oxygens (including phenoxy) is 1. The zero-order valence-electron chi connectivity index (χ0n) is 12.7. The van der Waals surface area contributed by atoms with Crippen molar-refractivity contribution in [1.29, 1.82) is 0 Å². The summed E-state index contributed by atoms with van der Waals surface area (Å²) in [5, 5.41) is 3.44. The SMILES string of the molecule is CN=C(NCCCC1CC1)N1CCC(C(=O)OC)CC1. The van der Waals surface area contributed by atoms with Crippen molar-refractivity contribution in [3.05, 3.63) is 0 Å². The molecule has 1 heterocycles. The average molecular weight is 281 g/mol. The molecule has 2 aliphatic rings. The fraction of sp³-hybridized carbons (Fsp3) is 0.867. The fourth-order valence-electron chi connectivity index (χ4n) is 2.82. The number of carbonyl (C=O) groups excluding carboxylic acids is 1. The van der Waals surface area contributed by atoms with Crippen LogP contribution < -0.4 is 5.32 Å². The van der Waals surface area contributed by atoms with E-state index in [-0.39, 0.29) is 11.9 Å². The molecule has 0 aromatic rings. The van der Waals surface area contributed by atoms with Gasteiger partial charge in [-0.05, 0) is 31.6 Å². The number of hydrogen-bond donors (Lipinski definition) is 1. The van der Waals surface area contributed by atoms with Crippen molar-refractivity contribution in [2.75, 3.05) is 33.8 Å². The zero-order chi connectivity index (χ0) is 14.4. The van der Waals surface area contributed by atoms with Gasteiger partial charge >= 0.3 is 5.97 Å². The number of hydrogen-bond acceptors (Lipinski definition) is 3. The maximum Gasteiger partial charge on any atom is 0.308 e. The summed E-state index contributed by atoms with van der Waals surface area (Å²) in [6.45, 7) is 2.75. The van der Waals surface area contributed by atoms with Gasteiger partial charge < -0.3 is 15.0 Å². The zero-order valence-corrected chi connectivity index (χ0v) is 12.7. The Balaban J connectivity index is 1.68. The van der Waals surface area contributed by atoms with E-state index in [2.05, 4.69) is 15.2 Å². The Morgan fingerprint density at radius 1 is 1.30 bits per heavy atom. The number of esters is 1. The molecule has 0 spiro atoms. The van der Waals surface area contributed by atoms with Gasteiger partial charge in [-0.25, -0.2) is 0 Å². The summed E-state index contributed by atoms with van der Waals surface area (Å²) >= 11 is 0. The fourth-order valence-corrected chi connectivity index (χ4v) is 2.82. The molecule has 1 saturated heterocycles. The Labute approximate surface area is 121 Å². The summed E-state index contributed by atoms with van der Waals surface area (Å²) in [6, 6.07) is 0. The highest BCUT2D eigenvalue weighted by Gasteiger charge is 2.27. The second-order valence-corrected chi connectivity index (χ2v) is 5.84. The second kappa shape index (κ2) is 7.50. The van der Waals surface area contributed by atoms with E-state index in [1.54, 1.807) is 0 Å². The molecule has 5 nitrogen and oxygen atoms in total. The van der Waals surface area contributed by atoms with Crippen molar-refractivity contribution >= 4 is 11.9 Å². The molecule has 1 aliphatic heterocycles. The van der Waals surface area contributed by atoms with E-state index in [1.165, 1.54) is 32.8 Å². The minimum absolute atomic E-state index is 0.0595. The summed E-state index contributed by atoms with van der Waals surface area (Å²) in [5.41, 5.74) is 0. The highest BCUT2D eigenvalue weighted by Crippen LogP contribution is 2.33. The topological polar surface area (TPSA) is 53.9 Å². The number of piperidine rings is 1. The van der Waals surface area contributed by atoms with Gasteiger partial charge in [-0.2, -0.15) is 0 Å². The van der Waals surface area contributed by atoms with Gasteiger partial charge in [0.05, 0.1) is 13.0 Å². The van der Waals surface area contributed by atoms with E-state index in [1.807, 2.05) is 7.05 Å². The number of aliphatic imine (C=N–C) groups is 1. The number of likely N-dealkylation sites (tertiary alicyclic amines) is 1. The lowest BCUT2D eigenvalue weighted by Gasteiger charge is -2.33. The quantitative estimate of drug-likeness (QED) is 0.360. The van der Waals surface area contributed by atoms with E-state index in [9.17, 15) is 4.79 Å². The van der Waals surface area contributed by atoms with Crippen molar-refractivity contribution in [2.45, 2.75) is 38.5 Å². The van der Waals surface area contributed by atoms with Gasteiger partial charge in [0, 0.05) is 26.7 Å². The van der Waals surface area contributed by atoms with Crippen LogP contribution in [0.25, 0.3) is 0 Å². The minimum atomic E-state index is -0.0722. The van der Waals surface area contributed by atoms with Crippen LogP contribution in [-0.2, 0) is 9.53 Å². The van der Waals surface area contributed by atoms with Crippen molar-refractivity contribution in [3.63, 3.8) is 0 Å². The first-order valence-electron chi connectivity index (χ1n) is 7.78. The maximum absolute atomic E-state index is 11.5. The number of methoxy groups -OCH3 is 1. The molecule has 1 aliphatic carbocycles. The lowest BCUT2D eigenvalue weighted by molar-refractivity contribution is -0.146. The lowest BCUT2D eigenvalue weighted by atomic mass is 9.97. The van der Waals surface area contributed by atoms with Crippen LogP contribution in [0, 0.1) is 11.8 Å². The molecule has 20 heavy (non-hydrogen) atoms. The molecule has 2 fully saturated rings. The first-order valence-corrected chi connectivity index (χ1v) is 7.78. The van der Waals surface area contributed by atoms with E-state index >= 15 is 0 Å². The minimum Gasteiger partial charge on any atom is -0.469 e. The predicted molar refractivity (Wildman–Crippen MR) is 79.6 cm³/mol. The Hall–Kier alpha value is -1.26. The van der Waals surface area contributed by atoms with Gasteiger partial charge in [-0.3, -0.25) is 9.79 Å². The normalized spacial score (nSPS) is 20.9. The second-order valence-electron chi connectivity index (χ2n) is 5.84. The molecule has 0 atom stereocenters. The Bertz CT molecular complexity index is 345. The summed E-state index contributed by atoms with van der Waals surface area (Å²) in [7, 11) is 3.30. The van der Waals surface area contributed by atoms with Gasteiger partial charge in [-0.15, -0.1) is 0 Å². The summed E-state index contributed by atoms with van der Waals surface area (Å²) < 4.78 is 4.82. The molecule has 0 amide bonds. The first-order chi connectivity index (χ1) is 9.74. The van der Waals surface area contributed by atoms with E-state index in [0.717, 1.165) is 44.4 Å². The first kappa shape index (κ1) is 15.1. The molecule has 0 unspecified atom stereocenters. The van der Waals surface area contributed by atoms with Crippen LogP contribution in [0.5, 0.6) is 0 Å². The molecule has 0 aromatic carbocycles. The number of guanidine groups is 1. The highest BCUT2D eigenvalue weighted by molar-refractivity contribution is 5.80. The Morgan fingerprint density at radius 3 is 2.55 bits per heavy atom. The summed E-state index contributed by atoms with van der Waals surface area (Å²) in [5.74, 6) is 1.96. The van der Waals surface area contributed by atoms with Crippen molar-refractivity contribution in [2.24, 2.45) is 16.8 Å². The molecule has 0 radical (unpaired) electrons. The van der Waals surface area contributed by atoms with Gasteiger partial charge in [0.25, 0.3) is 0 Å². The van der Waals surface area contributed by atoms with Crippen LogP contribution >= 0.6 is 0 Å². The molecule has 114 valence electrons. The Kier molecular flexibility index (Phi) is 5.68. The van der Waals surface area contributed by atoms with Gasteiger partial charge in [0.1, 0.15) is 0 Å². The van der Waals surface area contributed by atoms with Crippen LogP contribution in [-0.4, -0.2) is 50.6 Å². The molecule has 0 bridgehead atoms. The lowest BCUT2D eigenvalue weighted by Crippen LogP contribution is -2.46. The molecule has 0 aromatic heterocycles. The van der Waals surface area contributed by atoms with Gasteiger partial charge in [-0.1, -0.05) is 12.8 Å². The molecule has 1 N–H and O–H groups in total. The molecule has 2 rings (SSSR count). The van der Waals surface area contributed by atoms with Crippen LogP contribution in [0.4, 0.5) is 0 Å². The van der Waals surface area contributed by atoms with Gasteiger partial charge in [0.2, 0.25) is 0 Å². The standard InChI is InChI=1S/C15H27N3O2/c1-16-15(17-9-3-4-12-5-6-12)18-10-7-13(8-11-18)14(19)20-2/h12-13H,3-11H2,1-2H3,(H,16,17). The molecular formula is C15H27N3O2. The van der Waals surface area contributed by atoms with E-state index in [0.29, 0.717) is 0 Å². The van der Waals surface area contributed by atoms with Crippen molar-refractivity contribution < 1.29 is 9.53 Å². The van der Waals surface area contributed by atoms with E-state index in [4.69, 9.17) is 4.74 Å². The third-order valence-electron chi connectivity index (χ3n) is 4.31. The number of nitrogens with zero attached hydrogens (tertiary/aromatic N) is 2. The average Bonchev–Trinajstić information content (AvgIpc) is 3.31. The Morgan fingerprint density at radius 2 is 2.00 bits per heavy atom. The molecule has 5 heteroatoms. The third-order valence-corrected chi connectivity index (χ3v) is 4.31. The molecular weight excluding hydrogens is 254 g/mol. The number of nitrogens with one attached hydrogen (secondary N) is 1. The van der Waals surface area contributed by atoms with E-state index < -0.39 is 0 Å². The largest absolute Gasteiger partial charge is 0.469 e. The number of rotatable bonds is 5.